The van der Waals surface area contributed by atoms with Gasteiger partial charge in [-0.2, -0.15) is 0 Å². The summed E-state index contributed by atoms with van der Waals surface area (Å²) < 4.78 is 0.870. The van der Waals surface area contributed by atoms with Crippen LogP contribution >= 0.6 is 15.9 Å². The first-order valence-corrected chi connectivity index (χ1v) is 6.29. The SMILES string of the molecule is CCC(C)=NOCc1c(Br)cccc1C(C)=O. The Morgan fingerprint density at radius 3 is 2.71 bits per heavy atom. The minimum Gasteiger partial charge on any atom is -0.391 e. The first kappa shape index (κ1) is 13.9. The Kier molecular flexibility index (Phi) is 5.35. The highest BCUT2D eigenvalue weighted by atomic mass is 79.9. The summed E-state index contributed by atoms with van der Waals surface area (Å²) in [6, 6.07) is 5.52. The number of oxime groups is 1. The predicted molar refractivity (Wildman–Crippen MR) is 72.3 cm³/mol. The highest BCUT2D eigenvalue weighted by Crippen LogP contribution is 2.22. The third-order valence-corrected chi connectivity index (χ3v) is 3.18. The van der Waals surface area contributed by atoms with Gasteiger partial charge >= 0.3 is 0 Å². The number of Topliss-reactive ketones (excluding diaryl/α,β-unsaturated/α-hetero) is 1. The minimum atomic E-state index is 0.0288. The molecule has 0 unspecified atom stereocenters. The molecule has 3 nitrogen and oxygen atoms in total. The first-order chi connectivity index (χ1) is 8.06. The standard InChI is InChI=1S/C13H16BrNO2/c1-4-9(2)15-17-8-12-11(10(3)16)6-5-7-13(12)14/h5-7H,4,8H2,1-3H3. The summed E-state index contributed by atoms with van der Waals surface area (Å²) in [6.45, 7) is 5.77. The Bertz CT molecular complexity index is 441. The van der Waals surface area contributed by atoms with Gasteiger partial charge in [0.15, 0.2) is 5.78 Å². The molecule has 0 fully saturated rings. The molecule has 0 aliphatic carbocycles. The molecule has 1 aromatic rings. The Labute approximate surface area is 110 Å². The molecule has 1 rings (SSSR count). The zero-order valence-corrected chi connectivity index (χ0v) is 11.9. The second-order valence-corrected chi connectivity index (χ2v) is 4.63. The van der Waals surface area contributed by atoms with Crippen molar-refractivity contribution in [3.63, 3.8) is 0 Å². The fourth-order valence-electron chi connectivity index (χ4n) is 1.31. The molecule has 0 atom stereocenters. The van der Waals surface area contributed by atoms with Crippen molar-refractivity contribution in [1.82, 2.24) is 0 Å². The molecule has 0 radical (unpaired) electrons. The van der Waals surface area contributed by atoms with Gasteiger partial charge in [-0.15, -0.1) is 0 Å². The van der Waals surface area contributed by atoms with Crippen LogP contribution in [0.5, 0.6) is 0 Å². The van der Waals surface area contributed by atoms with Crippen molar-refractivity contribution in [1.29, 1.82) is 0 Å². The topological polar surface area (TPSA) is 38.7 Å². The van der Waals surface area contributed by atoms with Crippen LogP contribution in [0.3, 0.4) is 0 Å². The second kappa shape index (κ2) is 6.55. The summed E-state index contributed by atoms with van der Waals surface area (Å²) in [5.74, 6) is 0.0288. The maximum Gasteiger partial charge on any atom is 0.160 e. The Morgan fingerprint density at radius 2 is 2.12 bits per heavy atom. The van der Waals surface area contributed by atoms with E-state index in [1.54, 1.807) is 13.0 Å². The van der Waals surface area contributed by atoms with Crippen molar-refractivity contribution >= 4 is 27.4 Å². The zero-order valence-electron chi connectivity index (χ0n) is 10.3. The molecule has 92 valence electrons. The smallest absolute Gasteiger partial charge is 0.160 e. The molecule has 1 aromatic carbocycles. The third-order valence-electron chi connectivity index (χ3n) is 2.44. The number of carbonyl (C=O) groups excluding carboxylic acids is 1. The van der Waals surface area contributed by atoms with Crippen molar-refractivity contribution in [3.05, 3.63) is 33.8 Å². The lowest BCUT2D eigenvalue weighted by molar-refractivity contribution is 0.100. The highest BCUT2D eigenvalue weighted by Gasteiger charge is 2.10. The van der Waals surface area contributed by atoms with E-state index in [9.17, 15) is 4.79 Å². The van der Waals surface area contributed by atoms with Crippen molar-refractivity contribution in [2.75, 3.05) is 0 Å². The third kappa shape index (κ3) is 3.97. The van der Waals surface area contributed by atoms with Gasteiger partial charge in [0.1, 0.15) is 6.61 Å². The van der Waals surface area contributed by atoms with E-state index in [1.165, 1.54) is 0 Å². The maximum atomic E-state index is 11.5. The van der Waals surface area contributed by atoms with E-state index in [-0.39, 0.29) is 5.78 Å². The molecule has 17 heavy (non-hydrogen) atoms. The van der Waals surface area contributed by atoms with Gasteiger partial charge in [-0.3, -0.25) is 4.79 Å². The van der Waals surface area contributed by atoms with E-state index >= 15 is 0 Å². The molecule has 0 saturated carbocycles. The summed E-state index contributed by atoms with van der Waals surface area (Å²) in [5, 5.41) is 3.96. The molecular formula is C13H16BrNO2. The zero-order chi connectivity index (χ0) is 12.8. The average Bonchev–Trinajstić information content (AvgIpc) is 2.30. The van der Waals surface area contributed by atoms with Gasteiger partial charge < -0.3 is 4.84 Å². The van der Waals surface area contributed by atoms with Crippen LogP contribution in [0.15, 0.2) is 27.8 Å². The predicted octanol–water partition coefficient (Wildman–Crippen LogP) is 3.95. The quantitative estimate of drug-likeness (QED) is 0.469. The molecule has 0 aliphatic rings. The lowest BCUT2D eigenvalue weighted by Crippen LogP contribution is -2.02. The largest absolute Gasteiger partial charge is 0.391 e. The van der Waals surface area contributed by atoms with Gasteiger partial charge in [-0.05, 0) is 26.3 Å². The van der Waals surface area contributed by atoms with Gasteiger partial charge in [-0.25, -0.2) is 0 Å². The van der Waals surface area contributed by atoms with Crippen LogP contribution < -0.4 is 0 Å². The van der Waals surface area contributed by atoms with E-state index in [1.807, 2.05) is 26.0 Å². The number of hydrogen-bond acceptors (Lipinski definition) is 3. The van der Waals surface area contributed by atoms with E-state index in [0.717, 1.165) is 22.2 Å². The van der Waals surface area contributed by atoms with Crippen LogP contribution in [-0.2, 0) is 11.4 Å². The number of carbonyl (C=O) groups is 1. The van der Waals surface area contributed by atoms with E-state index in [0.29, 0.717) is 12.2 Å². The Hall–Kier alpha value is -1.16. The molecule has 0 N–H and O–H groups in total. The summed E-state index contributed by atoms with van der Waals surface area (Å²) >= 11 is 3.42. The Morgan fingerprint density at radius 1 is 1.41 bits per heavy atom. The van der Waals surface area contributed by atoms with Crippen LogP contribution in [0, 0.1) is 0 Å². The molecule has 0 aliphatic heterocycles. The highest BCUT2D eigenvalue weighted by molar-refractivity contribution is 9.10. The van der Waals surface area contributed by atoms with Crippen LogP contribution in [0.1, 0.15) is 43.1 Å². The van der Waals surface area contributed by atoms with Crippen LogP contribution in [0.2, 0.25) is 0 Å². The van der Waals surface area contributed by atoms with E-state index in [2.05, 4.69) is 21.1 Å². The number of benzene rings is 1. The number of ketones is 1. The molecule has 0 aromatic heterocycles. The van der Waals surface area contributed by atoms with Gasteiger partial charge in [0.25, 0.3) is 0 Å². The van der Waals surface area contributed by atoms with Crippen molar-refractivity contribution in [2.45, 2.75) is 33.8 Å². The fraction of sp³-hybridized carbons (Fsp3) is 0.385. The summed E-state index contributed by atoms with van der Waals surface area (Å²) in [6.07, 6.45) is 0.857. The molecule has 4 heteroatoms. The lowest BCUT2D eigenvalue weighted by Gasteiger charge is -2.08. The van der Waals surface area contributed by atoms with Gasteiger partial charge in [0.05, 0.1) is 5.71 Å². The van der Waals surface area contributed by atoms with E-state index in [4.69, 9.17) is 4.84 Å². The Balaban J connectivity index is 2.86. The van der Waals surface area contributed by atoms with Gasteiger partial charge in [0.2, 0.25) is 0 Å². The number of nitrogens with zero attached hydrogens (tertiary/aromatic N) is 1. The molecule has 0 amide bonds. The average molecular weight is 298 g/mol. The van der Waals surface area contributed by atoms with Crippen molar-refractivity contribution in [3.8, 4) is 0 Å². The van der Waals surface area contributed by atoms with Crippen LogP contribution in [0.25, 0.3) is 0 Å². The molecule has 0 bridgehead atoms. The monoisotopic (exact) mass is 297 g/mol. The van der Waals surface area contributed by atoms with Crippen LogP contribution in [0.4, 0.5) is 0 Å². The van der Waals surface area contributed by atoms with Crippen molar-refractivity contribution in [2.24, 2.45) is 5.16 Å². The molecule has 0 heterocycles. The summed E-state index contributed by atoms with van der Waals surface area (Å²) in [4.78, 5) is 16.7. The van der Waals surface area contributed by atoms with Crippen LogP contribution in [-0.4, -0.2) is 11.5 Å². The fourth-order valence-corrected chi connectivity index (χ4v) is 1.79. The maximum absolute atomic E-state index is 11.5. The van der Waals surface area contributed by atoms with Crippen molar-refractivity contribution < 1.29 is 9.63 Å². The molecular weight excluding hydrogens is 282 g/mol. The number of halogens is 1. The number of hydrogen-bond donors (Lipinski definition) is 0. The van der Waals surface area contributed by atoms with E-state index < -0.39 is 0 Å². The van der Waals surface area contributed by atoms with Gasteiger partial charge in [-0.1, -0.05) is 40.1 Å². The lowest BCUT2D eigenvalue weighted by atomic mass is 10.1. The summed E-state index contributed by atoms with van der Waals surface area (Å²) in [7, 11) is 0. The second-order valence-electron chi connectivity index (χ2n) is 3.78. The number of rotatable bonds is 5. The molecule has 0 saturated heterocycles. The van der Waals surface area contributed by atoms with Gasteiger partial charge in [0, 0.05) is 15.6 Å². The summed E-state index contributed by atoms with van der Waals surface area (Å²) in [5.41, 5.74) is 2.44. The minimum absolute atomic E-state index is 0.0288. The normalized spacial score (nSPS) is 11.4. The first-order valence-electron chi connectivity index (χ1n) is 5.50. The molecule has 0 spiro atoms.